The first-order valence-electron chi connectivity index (χ1n) is 7.93. The van der Waals surface area contributed by atoms with Crippen LogP contribution in [0.5, 0.6) is 5.75 Å². The van der Waals surface area contributed by atoms with Crippen molar-refractivity contribution < 1.29 is 13.9 Å². The van der Waals surface area contributed by atoms with Gasteiger partial charge in [-0.05, 0) is 29.8 Å². The zero-order chi connectivity index (χ0) is 17.9. The van der Waals surface area contributed by atoms with Gasteiger partial charge < -0.3 is 14.5 Å². The maximum absolute atomic E-state index is 12.1. The molecule has 0 aliphatic rings. The number of ether oxygens (including phenoxy) is 1. The van der Waals surface area contributed by atoms with Crippen molar-refractivity contribution in [1.29, 1.82) is 0 Å². The molecule has 2 aromatic heterocycles. The molecule has 0 aliphatic carbocycles. The number of carbonyl (C=O) groups excluding carboxylic acids is 1. The van der Waals surface area contributed by atoms with E-state index in [0.717, 1.165) is 21.2 Å². The maximum atomic E-state index is 12.1. The molecule has 2 heterocycles. The number of carbonyl (C=O) groups is 1. The van der Waals surface area contributed by atoms with E-state index in [0.29, 0.717) is 17.9 Å². The Labute approximate surface area is 152 Å². The normalized spacial score (nSPS) is 10.9. The van der Waals surface area contributed by atoms with E-state index < -0.39 is 5.63 Å². The van der Waals surface area contributed by atoms with Crippen molar-refractivity contribution in [2.24, 2.45) is 0 Å². The second-order valence-corrected chi connectivity index (χ2v) is 6.49. The number of fused-ring (bicyclic) bond motifs is 2. The summed E-state index contributed by atoms with van der Waals surface area (Å²) < 4.78 is 11.7. The van der Waals surface area contributed by atoms with E-state index in [1.165, 1.54) is 6.07 Å². The Morgan fingerprint density at radius 3 is 3.00 bits per heavy atom. The summed E-state index contributed by atoms with van der Waals surface area (Å²) in [5.41, 5.74) is 3.73. The highest BCUT2D eigenvalue weighted by molar-refractivity contribution is 7.16. The summed E-state index contributed by atoms with van der Waals surface area (Å²) in [4.78, 5) is 27.6. The molecular weight excluding hydrogens is 352 g/mol. The van der Waals surface area contributed by atoms with E-state index in [9.17, 15) is 9.59 Å². The molecule has 0 bridgehead atoms. The van der Waals surface area contributed by atoms with E-state index in [4.69, 9.17) is 9.15 Å². The van der Waals surface area contributed by atoms with Crippen molar-refractivity contribution in [3.05, 3.63) is 70.0 Å². The molecule has 0 unspecified atom stereocenters. The molecule has 0 fully saturated rings. The fourth-order valence-electron chi connectivity index (χ4n) is 2.61. The molecule has 4 rings (SSSR count). The molecule has 0 atom stereocenters. The van der Waals surface area contributed by atoms with Crippen LogP contribution in [0.3, 0.4) is 0 Å². The Balaban J connectivity index is 1.38. The van der Waals surface area contributed by atoms with Gasteiger partial charge in [-0.3, -0.25) is 4.79 Å². The highest BCUT2D eigenvalue weighted by Gasteiger charge is 2.07. The van der Waals surface area contributed by atoms with Gasteiger partial charge in [-0.1, -0.05) is 12.1 Å². The Bertz CT molecular complexity index is 1150. The molecule has 4 aromatic rings. The van der Waals surface area contributed by atoms with Crippen molar-refractivity contribution in [3.8, 4) is 5.75 Å². The number of thiazole rings is 1. The van der Waals surface area contributed by atoms with Gasteiger partial charge in [0.15, 0.2) is 6.61 Å². The summed E-state index contributed by atoms with van der Waals surface area (Å²) in [6.45, 7) is 0.287. The van der Waals surface area contributed by atoms with Crippen molar-refractivity contribution >= 4 is 38.4 Å². The minimum absolute atomic E-state index is 0.124. The summed E-state index contributed by atoms with van der Waals surface area (Å²) in [6, 6.07) is 14.0. The summed E-state index contributed by atoms with van der Waals surface area (Å²) >= 11 is 1.55. The maximum Gasteiger partial charge on any atom is 0.336 e. The average molecular weight is 366 g/mol. The predicted octanol–water partition coefficient (Wildman–Crippen LogP) is 3.10. The lowest BCUT2D eigenvalue weighted by atomic mass is 10.2. The molecule has 0 saturated carbocycles. The molecule has 1 N–H and O–H groups in total. The van der Waals surface area contributed by atoms with Crippen LogP contribution in [0, 0.1) is 0 Å². The van der Waals surface area contributed by atoms with Gasteiger partial charge in [-0.2, -0.15) is 0 Å². The molecule has 130 valence electrons. The average Bonchev–Trinajstić information content (AvgIpc) is 3.13. The lowest BCUT2D eigenvalue weighted by molar-refractivity contribution is -0.123. The van der Waals surface area contributed by atoms with Crippen molar-refractivity contribution in [3.63, 3.8) is 0 Å². The first kappa shape index (κ1) is 16.3. The monoisotopic (exact) mass is 366 g/mol. The van der Waals surface area contributed by atoms with Crippen molar-refractivity contribution in [2.75, 3.05) is 6.61 Å². The number of rotatable bonds is 5. The Morgan fingerprint density at radius 2 is 2.08 bits per heavy atom. The molecular formula is C19H14N2O4S. The zero-order valence-electron chi connectivity index (χ0n) is 13.6. The first-order valence-corrected chi connectivity index (χ1v) is 8.81. The Morgan fingerprint density at radius 1 is 1.19 bits per heavy atom. The van der Waals surface area contributed by atoms with E-state index in [2.05, 4.69) is 10.3 Å². The third kappa shape index (κ3) is 3.43. The molecule has 7 heteroatoms. The largest absolute Gasteiger partial charge is 0.484 e. The van der Waals surface area contributed by atoms with Crippen LogP contribution in [0.1, 0.15) is 5.56 Å². The minimum atomic E-state index is -0.426. The van der Waals surface area contributed by atoms with Crippen LogP contribution >= 0.6 is 11.3 Å². The minimum Gasteiger partial charge on any atom is -0.484 e. The summed E-state index contributed by atoms with van der Waals surface area (Å²) in [5.74, 6) is 0.229. The van der Waals surface area contributed by atoms with Crippen LogP contribution in [0.4, 0.5) is 0 Å². The van der Waals surface area contributed by atoms with Gasteiger partial charge in [-0.25, -0.2) is 9.78 Å². The second kappa shape index (κ2) is 6.97. The molecule has 0 radical (unpaired) electrons. The Kier molecular flexibility index (Phi) is 4.37. The number of nitrogens with zero attached hydrogens (tertiary/aromatic N) is 1. The molecule has 0 saturated heterocycles. The predicted molar refractivity (Wildman–Crippen MR) is 99.4 cm³/mol. The number of aromatic nitrogens is 1. The van der Waals surface area contributed by atoms with E-state index >= 15 is 0 Å². The third-order valence-electron chi connectivity index (χ3n) is 3.88. The van der Waals surface area contributed by atoms with Crippen LogP contribution in [0.2, 0.25) is 0 Å². The topological polar surface area (TPSA) is 81.4 Å². The van der Waals surface area contributed by atoms with Crippen molar-refractivity contribution in [2.45, 2.75) is 6.54 Å². The lowest BCUT2D eigenvalue weighted by Gasteiger charge is -2.08. The third-order valence-corrected chi connectivity index (χ3v) is 4.80. The smallest absolute Gasteiger partial charge is 0.336 e. The highest BCUT2D eigenvalue weighted by atomic mass is 32.1. The lowest BCUT2D eigenvalue weighted by Crippen LogP contribution is -2.28. The molecule has 26 heavy (non-hydrogen) atoms. The van der Waals surface area contributed by atoms with Gasteiger partial charge in [0.25, 0.3) is 5.91 Å². The zero-order valence-corrected chi connectivity index (χ0v) is 14.4. The fourth-order valence-corrected chi connectivity index (χ4v) is 3.41. The summed E-state index contributed by atoms with van der Waals surface area (Å²) in [5, 5.41) is 3.63. The van der Waals surface area contributed by atoms with Gasteiger partial charge in [0.1, 0.15) is 11.3 Å². The molecule has 0 spiro atoms. The Hall–Kier alpha value is -3.19. The van der Waals surface area contributed by atoms with E-state index in [1.807, 2.05) is 18.2 Å². The van der Waals surface area contributed by atoms with Gasteiger partial charge in [0.05, 0.1) is 15.7 Å². The molecule has 2 aromatic carbocycles. The number of amides is 1. The van der Waals surface area contributed by atoms with Gasteiger partial charge in [0.2, 0.25) is 0 Å². The van der Waals surface area contributed by atoms with Crippen molar-refractivity contribution in [1.82, 2.24) is 10.3 Å². The number of hydrogen-bond donors (Lipinski definition) is 1. The number of benzene rings is 2. The van der Waals surface area contributed by atoms with Crippen LogP contribution < -0.4 is 15.7 Å². The molecule has 0 aliphatic heterocycles. The molecule has 6 nitrogen and oxygen atoms in total. The SMILES string of the molecule is O=C(COc1ccc2ccc(=O)oc2c1)NCc1cccc2ncsc12. The fraction of sp³-hybridized carbons (Fsp3) is 0.105. The van der Waals surface area contributed by atoms with Crippen LogP contribution in [0.15, 0.2) is 63.3 Å². The van der Waals surface area contributed by atoms with Crippen LogP contribution in [-0.4, -0.2) is 17.5 Å². The summed E-state index contributed by atoms with van der Waals surface area (Å²) in [6.07, 6.45) is 0. The van der Waals surface area contributed by atoms with Gasteiger partial charge >= 0.3 is 5.63 Å². The van der Waals surface area contributed by atoms with E-state index in [1.54, 1.807) is 41.1 Å². The molecule has 1 amide bonds. The number of hydrogen-bond acceptors (Lipinski definition) is 6. The van der Waals surface area contributed by atoms with Gasteiger partial charge in [-0.15, -0.1) is 11.3 Å². The summed E-state index contributed by atoms with van der Waals surface area (Å²) in [7, 11) is 0. The first-order chi connectivity index (χ1) is 12.7. The standard InChI is InChI=1S/C19H14N2O4S/c22-17(20-9-13-2-1-3-15-19(13)26-11-21-15)10-24-14-6-4-12-5-7-18(23)25-16(12)8-14/h1-8,11H,9-10H2,(H,20,22). The number of nitrogens with one attached hydrogen (secondary N) is 1. The van der Waals surface area contributed by atoms with Crippen LogP contribution in [-0.2, 0) is 11.3 Å². The second-order valence-electron chi connectivity index (χ2n) is 5.64. The highest BCUT2D eigenvalue weighted by Crippen LogP contribution is 2.22. The van der Waals surface area contributed by atoms with Gasteiger partial charge in [0, 0.05) is 24.1 Å². The quantitative estimate of drug-likeness (QED) is 0.549. The van der Waals surface area contributed by atoms with E-state index in [-0.39, 0.29) is 12.5 Å². The van der Waals surface area contributed by atoms with Crippen LogP contribution in [0.25, 0.3) is 21.2 Å².